The number of benzene rings is 1. The smallest absolute Gasteiger partial charge is 0.307 e. The maximum absolute atomic E-state index is 11.7. The van der Waals surface area contributed by atoms with Crippen molar-refractivity contribution in [3.8, 4) is 5.75 Å². The molecule has 1 aromatic carbocycles. The third kappa shape index (κ3) is 8.37. The monoisotopic (exact) mass is 404 g/mol. The van der Waals surface area contributed by atoms with Crippen LogP contribution >= 0.6 is 0 Å². The number of hydrogen-bond donors (Lipinski definition) is 2. The van der Waals surface area contributed by atoms with E-state index in [2.05, 4.69) is 5.32 Å². The van der Waals surface area contributed by atoms with Crippen LogP contribution in [0.4, 0.5) is 5.69 Å². The number of hydrogen-bond acceptors (Lipinski definition) is 7. The van der Waals surface area contributed by atoms with Gasteiger partial charge in [0.2, 0.25) is 5.91 Å². The average molecular weight is 404 g/mol. The van der Waals surface area contributed by atoms with Crippen LogP contribution in [0.1, 0.15) is 26.0 Å². The number of aliphatic hydroxyl groups excluding tert-OH is 1. The van der Waals surface area contributed by atoms with Crippen LogP contribution in [0.15, 0.2) is 47.1 Å². The molecule has 0 aliphatic carbocycles. The van der Waals surface area contributed by atoms with Crippen LogP contribution in [0.3, 0.4) is 0 Å². The number of para-hydroxylation sites is 2. The van der Waals surface area contributed by atoms with E-state index in [1.54, 1.807) is 43.5 Å². The van der Waals surface area contributed by atoms with Crippen LogP contribution in [-0.2, 0) is 20.9 Å². The number of carbonyl (C=O) groups excluding carboxylic acids is 2. The average Bonchev–Trinajstić information content (AvgIpc) is 3.18. The molecule has 0 saturated heterocycles. The van der Waals surface area contributed by atoms with Crippen molar-refractivity contribution in [1.82, 2.24) is 4.90 Å². The Balaban J connectivity index is 1.91. The second-order valence-electron chi connectivity index (χ2n) is 6.51. The summed E-state index contributed by atoms with van der Waals surface area (Å²) >= 11 is 0. The quantitative estimate of drug-likeness (QED) is 0.524. The minimum atomic E-state index is -0.808. The minimum absolute atomic E-state index is 0.0324. The molecule has 29 heavy (non-hydrogen) atoms. The Kier molecular flexibility index (Phi) is 9.20. The van der Waals surface area contributed by atoms with E-state index in [1.165, 1.54) is 6.92 Å². The summed E-state index contributed by atoms with van der Waals surface area (Å²) < 4.78 is 16.0. The van der Waals surface area contributed by atoms with Crippen molar-refractivity contribution < 1.29 is 28.6 Å². The van der Waals surface area contributed by atoms with E-state index in [1.807, 2.05) is 11.0 Å². The Morgan fingerprint density at radius 3 is 2.72 bits per heavy atom. The molecule has 0 fully saturated rings. The number of anilines is 1. The van der Waals surface area contributed by atoms with Gasteiger partial charge in [-0.2, -0.15) is 0 Å². The van der Waals surface area contributed by atoms with Gasteiger partial charge in [-0.1, -0.05) is 12.1 Å². The summed E-state index contributed by atoms with van der Waals surface area (Å²) in [6, 6.07) is 10.6. The van der Waals surface area contributed by atoms with Crippen LogP contribution in [0.2, 0.25) is 0 Å². The summed E-state index contributed by atoms with van der Waals surface area (Å²) in [5.74, 6) is 0.723. The van der Waals surface area contributed by atoms with Crippen LogP contribution < -0.4 is 10.1 Å². The van der Waals surface area contributed by atoms with Gasteiger partial charge in [0.1, 0.15) is 24.2 Å². The zero-order chi connectivity index (χ0) is 21.1. The molecule has 0 saturated carbocycles. The first-order valence-corrected chi connectivity index (χ1v) is 9.55. The molecule has 1 aromatic heterocycles. The highest BCUT2D eigenvalue weighted by atomic mass is 16.5. The predicted octanol–water partition coefficient (Wildman–Crippen LogP) is 2.43. The fourth-order valence-corrected chi connectivity index (χ4v) is 2.76. The molecule has 8 heteroatoms. The van der Waals surface area contributed by atoms with Gasteiger partial charge < -0.3 is 24.3 Å². The van der Waals surface area contributed by atoms with Gasteiger partial charge in [-0.05, 0) is 31.2 Å². The van der Waals surface area contributed by atoms with Gasteiger partial charge in [0.15, 0.2) is 0 Å². The first kappa shape index (κ1) is 22.4. The van der Waals surface area contributed by atoms with E-state index in [0.717, 1.165) is 5.76 Å². The summed E-state index contributed by atoms with van der Waals surface area (Å²) in [6.07, 6.45) is 0.989. The molecular formula is C21H28N2O6. The topological polar surface area (TPSA) is 101 Å². The molecule has 0 bridgehead atoms. The maximum atomic E-state index is 11.7. The van der Waals surface area contributed by atoms with E-state index in [4.69, 9.17) is 13.9 Å². The Morgan fingerprint density at radius 1 is 1.24 bits per heavy atom. The minimum Gasteiger partial charge on any atom is -0.489 e. The second-order valence-corrected chi connectivity index (χ2v) is 6.51. The number of furan rings is 1. The molecule has 1 atom stereocenters. The third-order valence-electron chi connectivity index (χ3n) is 3.99. The summed E-state index contributed by atoms with van der Waals surface area (Å²) in [4.78, 5) is 24.9. The van der Waals surface area contributed by atoms with E-state index < -0.39 is 6.10 Å². The van der Waals surface area contributed by atoms with Crippen molar-refractivity contribution in [3.63, 3.8) is 0 Å². The van der Waals surface area contributed by atoms with E-state index in [0.29, 0.717) is 31.1 Å². The molecule has 1 unspecified atom stereocenters. The van der Waals surface area contributed by atoms with E-state index in [9.17, 15) is 14.7 Å². The number of aliphatic hydroxyl groups is 1. The lowest BCUT2D eigenvalue weighted by Crippen LogP contribution is -2.36. The van der Waals surface area contributed by atoms with E-state index in [-0.39, 0.29) is 31.4 Å². The fraction of sp³-hybridized carbons (Fsp3) is 0.429. The number of esters is 1. The lowest BCUT2D eigenvalue weighted by atomic mass is 10.2. The van der Waals surface area contributed by atoms with Gasteiger partial charge in [-0.15, -0.1) is 0 Å². The van der Waals surface area contributed by atoms with Gasteiger partial charge in [-0.25, -0.2) is 0 Å². The number of rotatable bonds is 12. The third-order valence-corrected chi connectivity index (χ3v) is 3.99. The second kappa shape index (κ2) is 11.9. The summed E-state index contributed by atoms with van der Waals surface area (Å²) in [5, 5.41) is 13.1. The van der Waals surface area contributed by atoms with Crippen molar-refractivity contribution in [2.75, 3.05) is 31.6 Å². The molecule has 2 aromatic rings. The molecule has 2 rings (SSSR count). The van der Waals surface area contributed by atoms with Gasteiger partial charge in [-0.3, -0.25) is 14.5 Å². The van der Waals surface area contributed by atoms with Crippen molar-refractivity contribution in [2.45, 2.75) is 32.9 Å². The van der Waals surface area contributed by atoms with Crippen molar-refractivity contribution in [1.29, 1.82) is 0 Å². The highest BCUT2D eigenvalue weighted by molar-refractivity contribution is 5.90. The van der Waals surface area contributed by atoms with Crippen molar-refractivity contribution in [3.05, 3.63) is 48.4 Å². The number of nitrogens with zero attached hydrogens (tertiary/aromatic N) is 1. The van der Waals surface area contributed by atoms with Crippen LogP contribution in [0, 0.1) is 0 Å². The molecule has 2 N–H and O–H groups in total. The molecule has 8 nitrogen and oxygen atoms in total. The Hall–Kier alpha value is -2.84. The Morgan fingerprint density at radius 2 is 2.03 bits per heavy atom. The van der Waals surface area contributed by atoms with Gasteiger partial charge in [0, 0.05) is 20.0 Å². The van der Waals surface area contributed by atoms with Crippen LogP contribution in [-0.4, -0.2) is 54.3 Å². The molecule has 1 heterocycles. The Labute approximate surface area is 170 Å². The zero-order valence-electron chi connectivity index (χ0n) is 16.8. The summed E-state index contributed by atoms with van der Waals surface area (Å²) in [7, 11) is 0. The molecular weight excluding hydrogens is 376 g/mol. The molecule has 0 radical (unpaired) electrons. The first-order chi connectivity index (χ1) is 14.0. The molecule has 158 valence electrons. The van der Waals surface area contributed by atoms with Crippen molar-refractivity contribution >= 4 is 17.6 Å². The molecule has 0 aliphatic heterocycles. The maximum Gasteiger partial charge on any atom is 0.307 e. The zero-order valence-corrected chi connectivity index (χ0v) is 16.8. The van der Waals surface area contributed by atoms with Gasteiger partial charge in [0.25, 0.3) is 0 Å². The first-order valence-electron chi connectivity index (χ1n) is 9.55. The number of amides is 1. The summed E-state index contributed by atoms with van der Waals surface area (Å²) in [6.45, 7) is 4.69. The Bertz CT molecular complexity index is 762. The highest BCUT2D eigenvalue weighted by Crippen LogP contribution is 2.23. The lowest BCUT2D eigenvalue weighted by molar-refractivity contribution is -0.143. The summed E-state index contributed by atoms with van der Waals surface area (Å²) in [5.41, 5.74) is 0.543. The highest BCUT2D eigenvalue weighted by Gasteiger charge is 2.17. The van der Waals surface area contributed by atoms with Crippen LogP contribution in [0.5, 0.6) is 5.75 Å². The number of nitrogens with one attached hydrogen (secondary N) is 1. The predicted molar refractivity (Wildman–Crippen MR) is 107 cm³/mol. The molecule has 0 aliphatic rings. The SMILES string of the molecule is CCOC(=O)CCN(Cc1ccco1)CC(O)COc1ccccc1NC(C)=O. The standard InChI is InChI=1S/C21H28N2O6/c1-3-27-21(26)10-11-23(14-18-7-6-12-28-18)13-17(25)15-29-20-9-5-4-8-19(20)22-16(2)24/h4-9,12,17,25H,3,10-11,13-15H2,1-2H3,(H,22,24). The van der Waals surface area contributed by atoms with Crippen LogP contribution in [0.25, 0.3) is 0 Å². The van der Waals surface area contributed by atoms with Crippen molar-refractivity contribution in [2.24, 2.45) is 0 Å². The molecule has 0 spiro atoms. The largest absolute Gasteiger partial charge is 0.489 e. The molecule has 1 amide bonds. The van der Waals surface area contributed by atoms with Gasteiger partial charge >= 0.3 is 5.97 Å². The van der Waals surface area contributed by atoms with E-state index >= 15 is 0 Å². The normalized spacial score (nSPS) is 11.9. The lowest BCUT2D eigenvalue weighted by Gasteiger charge is -2.24. The number of ether oxygens (including phenoxy) is 2. The number of carbonyl (C=O) groups is 2. The fourth-order valence-electron chi connectivity index (χ4n) is 2.76. The van der Waals surface area contributed by atoms with Gasteiger partial charge in [0.05, 0.1) is 31.5 Å².